The minimum absolute atomic E-state index is 0. The average molecular weight is 398 g/mol. The molecule has 0 aliphatic rings. The average Bonchev–Trinajstić information content (AvgIpc) is 2.48. The predicted molar refractivity (Wildman–Crippen MR) is 76.9 cm³/mol. The van der Waals surface area contributed by atoms with Crippen LogP contribution in [0, 0.1) is 29.8 Å². The van der Waals surface area contributed by atoms with Crippen LogP contribution in [-0.2, 0) is 9.84 Å². The van der Waals surface area contributed by atoms with E-state index >= 15 is 0 Å². The summed E-state index contributed by atoms with van der Waals surface area (Å²) in [6, 6.07) is 10.1. The molecule has 0 saturated heterocycles. The third-order valence-corrected chi connectivity index (χ3v) is 5.50. The van der Waals surface area contributed by atoms with Gasteiger partial charge in [-0.3, -0.25) is 0 Å². The van der Waals surface area contributed by atoms with E-state index in [-0.39, 0.29) is 34.6 Å². The maximum Gasteiger partial charge on any atom is 1.00 e. The van der Waals surface area contributed by atoms with Gasteiger partial charge in [-0.05, 0) is 38.0 Å². The van der Waals surface area contributed by atoms with Crippen LogP contribution in [0.1, 0.15) is 28.9 Å². The molecule has 0 N–H and O–H groups in total. The van der Waals surface area contributed by atoms with Gasteiger partial charge in [0.2, 0.25) is 9.84 Å². The number of sulfone groups is 1. The van der Waals surface area contributed by atoms with Gasteiger partial charge in [0.1, 0.15) is 0 Å². The Kier molecular flexibility index (Phi) is 10.1. The molecule has 2 aromatic rings. The molecule has 1 aromatic heterocycles. The van der Waals surface area contributed by atoms with E-state index in [0.29, 0.717) is 4.73 Å². The van der Waals surface area contributed by atoms with Crippen LogP contribution < -0.4 is 48.3 Å². The zero-order chi connectivity index (χ0) is 18.5. The Bertz CT molecular complexity index is 798. The monoisotopic (exact) mass is 397 g/mol. The molecule has 2 rings (SSSR count). The second-order valence-corrected chi connectivity index (χ2v) is 7.69. The van der Waals surface area contributed by atoms with Crippen molar-refractivity contribution in [1.82, 2.24) is 0 Å². The molecule has 0 amide bonds. The van der Waals surface area contributed by atoms with E-state index in [0.717, 1.165) is 16.7 Å². The number of nitrogens with zero attached hydrogens (tertiary/aromatic N) is 1. The summed E-state index contributed by atoms with van der Waals surface area (Å²) in [6.45, 7) is 5.40. The van der Waals surface area contributed by atoms with Gasteiger partial charge in [-0.1, -0.05) is 23.8 Å². The Labute approximate surface area is 172 Å². The first-order chi connectivity index (χ1) is 11.1. The van der Waals surface area contributed by atoms with Crippen LogP contribution in [0.15, 0.2) is 47.6 Å². The molecule has 132 valence electrons. The molecule has 0 saturated carbocycles. The van der Waals surface area contributed by atoms with E-state index in [2.05, 4.69) is 0 Å². The molecule has 1 aromatic carbocycles. The van der Waals surface area contributed by atoms with Crippen molar-refractivity contribution >= 4 is 9.84 Å². The molecule has 1 unspecified atom stereocenters. The molecule has 25 heavy (non-hydrogen) atoms. The smallest absolute Gasteiger partial charge is 0.618 e. The van der Waals surface area contributed by atoms with E-state index in [4.69, 9.17) is 14.0 Å². The Morgan fingerprint density at radius 3 is 2.16 bits per heavy atom. The fourth-order valence-corrected chi connectivity index (χ4v) is 3.71. The minimum Gasteiger partial charge on any atom is -0.618 e. The van der Waals surface area contributed by atoms with Gasteiger partial charge in [-0.15, -0.1) is 0 Å². The second kappa shape index (κ2) is 10.4. The topological polar surface area (TPSA) is 130 Å². The van der Waals surface area contributed by atoms with Crippen LogP contribution in [-0.4, -0.2) is 8.42 Å². The van der Waals surface area contributed by atoms with Gasteiger partial charge in [0, 0.05) is 12.1 Å². The largest absolute Gasteiger partial charge is 1.00 e. The molecule has 0 bridgehead atoms. The summed E-state index contributed by atoms with van der Waals surface area (Å²) >= 11 is 0. The minimum atomic E-state index is -3.71. The molecule has 0 radical (unpaired) electrons. The standard InChI is InChI=1S/C15H17NO3S.ClO3.Na/c1-11-7-8-12(2)14(10-11)13(3)20(18,19)15-6-4-5-9-16(15)17;2-1(3)4;/h4-10,13H,1-3H3;;/q;-1;+1. The molecule has 1 atom stereocenters. The quantitative estimate of drug-likeness (QED) is 0.294. The van der Waals surface area contributed by atoms with Crippen molar-refractivity contribution in [3.05, 3.63) is 64.5 Å². The Balaban J connectivity index is 0.00000104. The molecule has 0 spiro atoms. The summed E-state index contributed by atoms with van der Waals surface area (Å²) in [5.41, 5.74) is 2.63. The molecule has 7 nitrogen and oxygen atoms in total. The van der Waals surface area contributed by atoms with Gasteiger partial charge in [-0.2, -0.15) is 4.73 Å². The van der Waals surface area contributed by atoms with Gasteiger partial charge < -0.3 is 19.2 Å². The second-order valence-electron chi connectivity index (χ2n) is 5.10. The first kappa shape index (κ1) is 24.3. The molecule has 1 heterocycles. The molecule has 0 aliphatic heterocycles. The van der Waals surface area contributed by atoms with E-state index in [1.807, 2.05) is 32.0 Å². The van der Waals surface area contributed by atoms with Gasteiger partial charge in [-0.25, -0.2) is 8.42 Å². The zero-order valence-corrected chi connectivity index (χ0v) is 17.9. The third-order valence-electron chi connectivity index (χ3n) is 3.42. The van der Waals surface area contributed by atoms with Crippen LogP contribution in [0.25, 0.3) is 0 Å². The Morgan fingerprint density at radius 1 is 1.08 bits per heavy atom. The summed E-state index contributed by atoms with van der Waals surface area (Å²) in [7, 11) is -6.56. The first-order valence-electron chi connectivity index (χ1n) is 6.79. The number of hydrogen-bond acceptors (Lipinski definition) is 6. The number of halogens is 1. The number of aromatic nitrogens is 1. The molecular weight excluding hydrogens is 381 g/mol. The van der Waals surface area contributed by atoms with Gasteiger partial charge in [0.25, 0.3) is 0 Å². The van der Waals surface area contributed by atoms with Gasteiger partial charge >= 0.3 is 34.6 Å². The molecular formula is C15H17ClNNaO6S. The summed E-state index contributed by atoms with van der Waals surface area (Å²) in [4.78, 5) is 0. The Morgan fingerprint density at radius 2 is 1.64 bits per heavy atom. The predicted octanol–water partition coefficient (Wildman–Crippen LogP) is -4.09. The normalized spacial score (nSPS) is 12.0. The SMILES string of the molecule is Cc1ccc(C)c(C(C)S(=O)(=O)c2cccc[n+]2[O-])c1.[Na+].[O-][Cl+2]([O-])[O-]. The summed E-state index contributed by atoms with van der Waals surface area (Å²) in [6.07, 6.45) is 1.20. The molecule has 0 aliphatic carbocycles. The number of benzene rings is 1. The van der Waals surface area contributed by atoms with Crippen molar-refractivity contribution in [2.75, 3.05) is 0 Å². The van der Waals surface area contributed by atoms with Crippen LogP contribution in [0.4, 0.5) is 0 Å². The van der Waals surface area contributed by atoms with Crippen molar-refractivity contribution < 1.29 is 67.5 Å². The van der Waals surface area contributed by atoms with E-state index in [1.54, 1.807) is 13.0 Å². The maximum absolute atomic E-state index is 12.6. The third kappa shape index (κ3) is 6.84. The van der Waals surface area contributed by atoms with Crippen molar-refractivity contribution in [1.29, 1.82) is 0 Å². The fourth-order valence-electron chi connectivity index (χ4n) is 2.18. The van der Waals surface area contributed by atoms with Crippen molar-refractivity contribution in [3.63, 3.8) is 0 Å². The van der Waals surface area contributed by atoms with E-state index < -0.39 is 25.9 Å². The van der Waals surface area contributed by atoms with E-state index in [1.165, 1.54) is 18.3 Å². The van der Waals surface area contributed by atoms with Gasteiger partial charge in [0.05, 0.1) is 16.0 Å². The summed E-state index contributed by atoms with van der Waals surface area (Å²) in [5, 5.41) is 10.7. The fraction of sp³-hybridized carbons (Fsp3) is 0.267. The molecule has 10 heteroatoms. The molecule has 0 fully saturated rings. The number of hydrogen-bond donors (Lipinski definition) is 0. The van der Waals surface area contributed by atoms with Crippen LogP contribution in [0.2, 0.25) is 0 Å². The van der Waals surface area contributed by atoms with Crippen LogP contribution in [0.3, 0.4) is 0 Å². The van der Waals surface area contributed by atoms with Crippen LogP contribution in [0.5, 0.6) is 0 Å². The van der Waals surface area contributed by atoms with Crippen LogP contribution >= 0.6 is 0 Å². The number of aryl methyl sites for hydroxylation is 2. The zero-order valence-electron chi connectivity index (χ0n) is 14.3. The van der Waals surface area contributed by atoms with E-state index in [9.17, 15) is 13.6 Å². The summed E-state index contributed by atoms with van der Waals surface area (Å²) in [5.74, 6) is 0. The van der Waals surface area contributed by atoms with Crippen molar-refractivity contribution in [2.24, 2.45) is 0 Å². The number of rotatable bonds is 3. The Hall–Kier alpha value is -0.710. The first-order valence-corrected chi connectivity index (χ1v) is 9.27. The number of pyridine rings is 1. The van der Waals surface area contributed by atoms with Gasteiger partial charge in [0.15, 0.2) is 6.20 Å². The van der Waals surface area contributed by atoms with Crippen molar-refractivity contribution in [2.45, 2.75) is 31.0 Å². The maximum atomic E-state index is 12.6. The van der Waals surface area contributed by atoms with Crippen molar-refractivity contribution in [3.8, 4) is 0 Å². The summed E-state index contributed by atoms with van der Waals surface area (Å²) < 4.78 is 50.8.